The van der Waals surface area contributed by atoms with Gasteiger partial charge in [-0.25, -0.2) is 8.42 Å². The van der Waals surface area contributed by atoms with Crippen molar-refractivity contribution < 1.29 is 13.2 Å². The maximum atomic E-state index is 12.1. The van der Waals surface area contributed by atoms with E-state index in [0.717, 1.165) is 17.9 Å². The molecule has 0 aromatic rings. The maximum Gasteiger partial charge on any atom is 0.224 e. The van der Waals surface area contributed by atoms with E-state index in [4.69, 9.17) is 0 Å². The number of thioether (sulfide) groups is 1. The molecule has 0 bridgehead atoms. The topological polar surface area (TPSA) is 66.5 Å². The molecule has 2 atom stereocenters. The monoisotopic (exact) mass is 292 g/mol. The van der Waals surface area contributed by atoms with Crippen LogP contribution >= 0.6 is 11.8 Å². The summed E-state index contributed by atoms with van der Waals surface area (Å²) in [5.41, 5.74) is 0. The summed E-state index contributed by atoms with van der Waals surface area (Å²) in [6, 6.07) is 0.107. The summed E-state index contributed by atoms with van der Waals surface area (Å²) in [5, 5.41) is 3.12. The van der Waals surface area contributed by atoms with Crippen LogP contribution in [-0.2, 0) is 14.6 Å². The van der Waals surface area contributed by atoms with Crippen LogP contribution in [0.5, 0.6) is 0 Å². The lowest BCUT2D eigenvalue weighted by Gasteiger charge is -2.28. The molecule has 2 saturated heterocycles. The van der Waals surface area contributed by atoms with Gasteiger partial charge in [0.15, 0.2) is 9.84 Å². The Kier molecular flexibility index (Phi) is 4.55. The first kappa shape index (κ1) is 14.1. The number of carbonyl (C=O) groups is 1. The van der Waals surface area contributed by atoms with Gasteiger partial charge >= 0.3 is 0 Å². The summed E-state index contributed by atoms with van der Waals surface area (Å²) >= 11 is 1.87. The molecule has 2 fully saturated rings. The molecule has 1 N–H and O–H groups in total. The Labute approximate surface area is 113 Å². The van der Waals surface area contributed by atoms with E-state index in [2.05, 4.69) is 5.32 Å². The van der Waals surface area contributed by atoms with Crippen LogP contribution in [0.1, 0.15) is 12.8 Å². The molecule has 0 spiro atoms. The third-order valence-electron chi connectivity index (χ3n) is 3.57. The Morgan fingerprint density at radius 2 is 2.28 bits per heavy atom. The van der Waals surface area contributed by atoms with Crippen LogP contribution in [0.3, 0.4) is 0 Å². The fourth-order valence-corrected chi connectivity index (χ4v) is 5.10. The second-order valence-electron chi connectivity index (χ2n) is 4.99. The quantitative estimate of drug-likeness (QED) is 0.775. The summed E-state index contributed by atoms with van der Waals surface area (Å²) in [4.78, 5) is 13.9. The van der Waals surface area contributed by atoms with Crippen molar-refractivity contribution in [3.8, 4) is 0 Å². The number of sulfone groups is 1. The summed E-state index contributed by atoms with van der Waals surface area (Å²) in [6.07, 6.45) is 1.33. The molecule has 104 valence electrons. The zero-order chi connectivity index (χ0) is 13.2. The van der Waals surface area contributed by atoms with Crippen molar-refractivity contribution in [1.82, 2.24) is 10.2 Å². The van der Waals surface area contributed by atoms with Crippen molar-refractivity contribution in [1.29, 1.82) is 0 Å². The fraction of sp³-hybridized carbons (Fsp3) is 0.909. The molecule has 0 aromatic carbocycles. The molecule has 2 aliphatic heterocycles. The number of rotatable bonds is 3. The lowest BCUT2D eigenvalue weighted by molar-refractivity contribution is -0.131. The zero-order valence-corrected chi connectivity index (χ0v) is 12.2. The highest BCUT2D eigenvalue weighted by molar-refractivity contribution is 7.99. The van der Waals surface area contributed by atoms with E-state index in [1.165, 1.54) is 0 Å². The van der Waals surface area contributed by atoms with E-state index >= 15 is 0 Å². The first-order chi connectivity index (χ1) is 8.48. The van der Waals surface area contributed by atoms with Gasteiger partial charge in [0.1, 0.15) is 0 Å². The predicted octanol–water partition coefficient (Wildman–Crippen LogP) is -0.273. The highest BCUT2D eigenvalue weighted by Gasteiger charge is 2.29. The number of hydrogen-bond acceptors (Lipinski definition) is 5. The van der Waals surface area contributed by atoms with Gasteiger partial charge in [-0.05, 0) is 12.2 Å². The van der Waals surface area contributed by atoms with Crippen molar-refractivity contribution in [2.45, 2.75) is 24.9 Å². The molecule has 1 amide bonds. The highest BCUT2D eigenvalue weighted by Crippen LogP contribution is 2.22. The summed E-state index contributed by atoms with van der Waals surface area (Å²) in [7, 11) is -1.13. The van der Waals surface area contributed by atoms with Gasteiger partial charge in [0.2, 0.25) is 5.91 Å². The zero-order valence-electron chi connectivity index (χ0n) is 10.6. The number of nitrogens with zero attached hydrogens (tertiary/aromatic N) is 1. The minimum absolute atomic E-state index is 0.0529. The Hall–Kier alpha value is -0.270. The lowest BCUT2D eigenvalue weighted by Crippen LogP contribution is -2.48. The summed E-state index contributed by atoms with van der Waals surface area (Å²) in [6.45, 7) is 0.462. The Balaban J connectivity index is 1.86. The molecule has 7 heteroatoms. The first-order valence-electron chi connectivity index (χ1n) is 6.25. The van der Waals surface area contributed by atoms with Gasteiger partial charge in [-0.15, -0.1) is 0 Å². The largest absolute Gasteiger partial charge is 0.342 e. The molecular formula is C11H20N2O3S2. The molecular weight excluding hydrogens is 272 g/mol. The van der Waals surface area contributed by atoms with Gasteiger partial charge in [-0.3, -0.25) is 4.79 Å². The van der Waals surface area contributed by atoms with Crippen molar-refractivity contribution in [3.05, 3.63) is 0 Å². The van der Waals surface area contributed by atoms with Crippen molar-refractivity contribution in [2.75, 3.05) is 36.6 Å². The fourth-order valence-electron chi connectivity index (χ4n) is 2.38. The predicted molar refractivity (Wildman–Crippen MR) is 73.6 cm³/mol. The number of amides is 1. The molecule has 2 heterocycles. The molecule has 5 nitrogen and oxygen atoms in total. The lowest BCUT2D eigenvalue weighted by atomic mass is 10.1. The van der Waals surface area contributed by atoms with Crippen LogP contribution in [0.25, 0.3) is 0 Å². The first-order valence-corrected chi connectivity index (χ1v) is 9.23. The third kappa shape index (κ3) is 3.61. The second kappa shape index (κ2) is 5.79. The Morgan fingerprint density at radius 1 is 1.50 bits per heavy atom. The van der Waals surface area contributed by atoms with Crippen LogP contribution in [0.4, 0.5) is 0 Å². The minimum Gasteiger partial charge on any atom is -0.342 e. The van der Waals surface area contributed by atoms with Gasteiger partial charge < -0.3 is 10.2 Å². The van der Waals surface area contributed by atoms with E-state index in [0.29, 0.717) is 12.6 Å². The van der Waals surface area contributed by atoms with E-state index in [1.54, 1.807) is 4.90 Å². The SMILES string of the molecule is CN(C(=O)CC1CS(=O)(=O)CCN1)C1CCSC1. The van der Waals surface area contributed by atoms with Crippen LogP contribution in [0.2, 0.25) is 0 Å². The van der Waals surface area contributed by atoms with Crippen molar-refractivity contribution in [3.63, 3.8) is 0 Å². The van der Waals surface area contributed by atoms with E-state index < -0.39 is 9.84 Å². The average molecular weight is 292 g/mol. The smallest absolute Gasteiger partial charge is 0.224 e. The highest BCUT2D eigenvalue weighted by atomic mass is 32.2. The van der Waals surface area contributed by atoms with Crippen molar-refractivity contribution in [2.24, 2.45) is 0 Å². The summed E-state index contributed by atoms with van der Waals surface area (Å²) < 4.78 is 23.0. The van der Waals surface area contributed by atoms with Crippen LogP contribution in [-0.4, -0.2) is 67.9 Å². The Bertz CT molecular complexity index is 405. The third-order valence-corrected chi connectivity index (χ3v) is 6.45. The number of hydrogen-bond donors (Lipinski definition) is 1. The second-order valence-corrected chi connectivity index (χ2v) is 8.37. The Morgan fingerprint density at radius 3 is 2.89 bits per heavy atom. The molecule has 2 unspecified atom stereocenters. The molecule has 18 heavy (non-hydrogen) atoms. The molecule has 0 saturated carbocycles. The average Bonchev–Trinajstić information content (AvgIpc) is 2.79. The number of carbonyl (C=O) groups excluding carboxylic acids is 1. The number of nitrogens with one attached hydrogen (secondary N) is 1. The van der Waals surface area contributed by atoms with Crippen molar-refractivity contribution >= 4 is 27.5 Å². The normalized spacial score (nSPS) is 31.2. The van der Waals surface area contributed by atoms with E-state index in [9.17, 15) is 13.2 Å². The van der Waals surface area contributed by atoms with E-state index in [-0.39, 0.29) is 29.9 Å². The van der Waals surface area contributed by atoms with Crippen LogP contribution < -0.4 is 5.32 Å². The summed E-state index contributed by atoms with van der Waals surface area (Å²) in [5.74, 6) is 2.44. The van der Waals surface area contributed by atoms with Gasteiger partial charge in [-0.2, -0.15) is 11.8 Å². The molecule has 0 aromatic heterocycles. The molecule has 2 rings (SSSR count). The molecule has 0 aliphatic carbocycles. The molecule has 0 radical (unpaired) electrons. The minimum atomic E-state index is -2.96. The molecule has 2 aliphatic rings. The van der Waals surface area contributed by atoms with Gasteiger partial charge in [0.05, 0.1) is 11.5 Å². The van der Waals surface area contributed by atoms with Crippen LogP contribution in [0.15, 0.2) is 0 Å². The maximum absolute atomic E-state index is 12.1. The van der Waals surface area contributed by atoms with Gasteiger partial charge in [0.25, 0.3) is 0 Å². The van der Waals surface area contributed by atoms with Gasteiger partial charge in [-0.1, -0.05) is 0 Å². The van der Waals surface area contributed by atoms with Crippen LogP contribution in [0, 0.1) is 0 Å². The van der Waals surface area contributed by atoms with E-state index in [1.807, 2.05) is 18.8 Å². The standard InChI is InChI=1S/C11H20N2O3S2/c1-13(10-2-4-17-7-10)11(14)6-9-8-18(15,16)5-3-12-9/h9-10,12H,2-8H2,1H3. The van der Waals surface area contributed by atoms with Gasteiger partial charge in [0, 0.05) is 37.8 Å².